The predicted octanol–water partition coefficient (Wildman–Crippen LogP) is 0.0690. The molecule has 2 atom stereocenters. The van der Waals surface area contributed by atoms with Gasteiger partial charge in [-0.3, -0.25) is 0 Å². The molecule has 0 radical (unpaired) electrons. The molecule has 0 saturated carbocycles. The van der Waals surface area contributed by atoms with Crippen molar-refractivity contribution in [3.8, 4) is 0 Å². The van der Waals surface area contributed by atoms with Gasteiger partial charge >= 0.3 is 0 Å². The molecule has 2 aliphatic heterocycles. The summed E-state index contributed by atoms with van der Waals surface area (Å²) in [6.07, 6.45) is 1.18. The topological polar surface area (TPSA) is 24.5 Å². The van der Waals surface area contributed by atoms with Gasteiger partial charge in [0, 0.05) is 25.7 Å². The van der Waals surface area contributed by atoms with Gasteiger partial charge in [-0.2, -0.15) is 0 Å². The Kier molecular flexibility index (Phi) is 2.10. The van der Waals surface area contributed by atoms with E-state index >= 15 is 0 Å². The molecule has 0 aliphatic carbocycles. The molecule has 2 saturated heterocycles. The minimum atomic E-state index is 0.118. The van der Waals surface area contributed by atoms with Crippen molar-refractivity contribution in [3.63, 3.8) is 0 Å². The minimum absolute atomic E-state index is 0.118. The van der Waals surface area contributed by atoms with E-state index in [0.29, 0.717) is 6.04 Å². The summed E-state index contributed by atoms with van der Waals surface area (Å²) >= 11 is 0. The zero-order valence-electron chi connectivity index (χ0n) is 7.97. The van der Waals surface area contributed by atoms with Crippen LogP contribution in [0.25, 0.3) is 0 Å². The van der Waals surface area contributed by atoms with Crippen molar-refractivity contribution in [2.45, 2.75) is 25.0 Å². The Morgan fingerprint density at radius 1 is 1.58 bits per heavy atom. The zero-order valence-corrected chi connectivity index (χ0v) is 7.97. The van der Waals surface area contributed by atoms with E-state index in [1.807, 2.05) is 0 Å². The number of nitrogens with zero attached hydrogens (tertiary/aromatic N) is 1. The molecule has 3 heteroatoms. The van der Waals surface area contributed by atoms with Crippen LogP contribution in [0.4, 0.5) is 0 Å². The molecule has 0 aromatic heterocycles. The average Bonchev–Trinajstić information content (AvgIpc) is 2.41. The Hall–Kier alpha value is -0.120. The molecular weight excluding hydrogens is 152 g/mol. The summed E-state index contributed by atoms with van der Waals surface area (Å²) in [7, 11) is 2.17. The van der Waals surface area contributed by atoms with Crippen LogP contribution in [-0.2, 0) is 4.74 Å². The Labute approximate surface area is 74.1 Å². The summed E-state index contributed by atoms with van der Waals surface area (Å²) in [5.74, 6) is 0. The molecular formula is C9H18N2O. The molecule has 2 aliphatic rings. The fraction of sp³-hybridized carbons (Fsp3) is 1.00. The number of rotatable bonds is 0. The molecule has 12 heavy (non-hydrogen) atoms. The molecule has 2 fully saturated rings. The number of likely N-dealkylation sites (N-methyl/N-ethyl adjacent to an activating group) is 1. The standard InChI is InChI=1S/C9H18N2O/c1-8-9(12-6-4-10-8)3-5-11(2)7-9/h8,10H,3-7H2,1-2H3. The van der Waals surface area contributed by atoms with Crippen molar-refractivity contribution in [1.82, 2.24) is 10.2 Å². The smallest absolute Gasteiger partial charge is 0.0970 e. The van der Waals surface area contributed by atoms with Crippen molar-refractivity contribution in [2.75, 3.05) is 33.3 Å². The molecule has 1 spiro atoms. The second kappa shape index (κ2) is 2.98. The van der Waals surface area contributed by atoms with Gasteiger partial charge in [0.1, 0.15) is 0 Å². The lowest BCUT2D eigenvalue weighted by Gasteiger charge is -2.40. The number of hydrogen-bond donors (Lipinski definition) is 1. The molecule has 0 aromatic rings. The molecule has 2 unspecified atom stereocenters. The lowest BCUT2D eigenvalue weighted by molar-refractivity contribution is -0.0828. The molecule has 3 nitrogen and oxygen atoms in total. The Morgan fingerprint density at radius 2 is 2.42 bits per heavy atom. The largest absolute Gasteiger partial charge is 0.371 e. The lowest BCUT2D eigenvalue weighted by Crippen LogP contribution is -2.57. The van der Waals surface area contributed by atoms with Gasteiger partial charge in [-0.15, -0.1) is 0 Å². The Morgan fingerprint density at radius 3 is 3.00 bits per heavy atom. The van der Waals surface area contributed by atoms with E-state index in [1.54, 1.807) is 0 Å². The fourth-order valence-corrected chi connectivity index (χ4v) is 2.31. The highest BCUT2D eigenvalue weighted by molar-refractivity contribution is 4.99. The quantitative estimate of drug-likeness (QED) is 0.557. The maximum Gasteiger partial charge on any atom is 0.0970 e. The highest BCUT2D eigenvalue weighted by Gasteiger charge is 2.43. The summed E-state index contributed by atoms with van der Waals surface area (Å²) in [5, 5.41) is 3.48. The van der Waals surface area contributed by atoms with Crippen molar-refractivity contribution in [2.24, 2.45) is 0 Å². The van der Waals surface area contributed by atoms with Crippen LogP contribution >= 0.6 is 0 Å². The Bertz CT molecular complexity index is 170. The van der Waals surface area contributed by atoms with Crippen LogP contribution in [0.3, 0.4) is 0 Å². The highest BCUT2D eigenvalue weighted by atomic mass is 16.5. The first kappa shape index (κ1) is 8.48. The van der Waals surface area contributed by atoms with Crippen LogP contribution in [0.2, 0.25) is 0 Å². The average molecular weight is 170 g/mol. The van der Waals surface area contributed by atoms with E-state index in [4.69, 9.17) is 4.74 Å². The second-order valence-corrected chi connectivity index (χ2v) is 4.08. The molecule has 0 bridgehead atoms. The number of nitrogens with one attached hydrogen (secondary N) is 1. The van der Waals surface area contributed by atoms with Crippen LogP contribution in [0.1, 0.15) is 13.3 Å². The summed E-state index contributed by atoms with van der Waals surface area (Å²) < 4.78 is 5.90. The van der Waals surface area contributed by atoms with Gasteiger partial charge in [0.2, 0.25) is 0 Å². The number of hydrogen-bond acceptors (Lipinski definition) is 3. The van der Waals surface area contributed by atoms with E-state index < -0.39 is 0 Å². The first-order valence-corrected chi connectivity index (χ1v) is 4.79. The van der Waals surface area contributed by atoms with E-state index in [1.165, 1.54) is 13.0 Å². The summed E-state index contributed by atoms with van der Waals surface area (Å²) in [4.78, 5) is 2.35. The van der Waals surface area contributed by atoms with Gasteiger partial charge in [-0.1, -0.05) is 0 Å². The first-order chi connectivity index (χ1) is 5.73. The number of morpholine rings is 1. The number of likely N-dealkylation sites (tertiary alicyclic amines) is 1. The van der Waals surface area contributed by atoms with Crippen molar-refractivity contribution >= 4 is 0 Å². The van der Waals surface area contributed by atoms with E-state index in [2.05, 4.69) is 24.2 Å². The van der Waals surface area contributed by atoms with Gasteiger partial charge in [0.05, 0.1) is 12.2 Å². The molecule has 0 amide bonds. The van der Waals surface area contributed by atoms with Crippen LogP contribution in [-0.4, -0.2) is 49.8 Å². The molecule has 0 aromatic carbocycles. The first-order valence-electron chi connectivity index (χ1n) is 4.79. The third kappa shape index (κ3) is 1.26. The van der Waals surface area contributed by atoms with E-state index in [9.17, 15) is 0 Å². The monoisotopic (exact) mass is 170 g/mol. The second-order valence-electron chi connectivity index (χ2n) is 4.08. The van der Waals surface area contributed by atoms with Gasteiger partial charge in [-0.05, 0) is 20.4 Å². The maximum absolute atomic E-state index is 5.90. The van der Waals surface area contributed by atoms with Crippen LogP contribution in [0.15, 0.2) is 0 Å². The fourth-order valence-electron chi connectivity index (χ4n) is 2.31. The highest BCUT2D eigenvalue weighted by Crippen LogP contribution is 2.29. The molecule has 2 rings (SSSR count). The normalized spacial score (nSPS) is 44.0. The van der Waals surface area contributed by atoms with Crippen molar-refractivity contribution in [3.05, 3.63) is 0 Å². The van der Waals surface area contributed by atoms with Crippen LogP contribution in [0, 0.1) is 0 Å². The molecule has 2 heterocycles. The van der Waals surface area contributed by atoms with Crippen molar-refractivity contribution < 1.29 is 4.74 Å². The van der Waals surface area contributed by atoms with Crippen LogP contribution in [0.5, 0.6) is 0 Å². The predicted molar refractivity (Wildman–Crippen MR) is 48.3 cm³/mol. The summed E-state index contributed by atoms with van der Waals surface area (Å²) in [5.41, 5.74) is 0.118. The molecule has 70 valence electrons. The van der Waals surface area contributed by atoms with Gasteiger partial charge in [0.25, 0.3) is 0 Å². The third-order valence-electron chi connectivity index (χ3n) is 3.19. The third-order valence-corrected chi connectivity index (χ3v) is 3.19. The number of ether oxygens (including phenoxy) is 1. The van der Waals surface area contributed by atoms with Gasteiger partial charge in [-0.25, -0.2) is 0 Å². The summed E-state index contributed by atoms with van der Waals surface area (Å²) in [6.45, 7) is 6.37. The van der Waals surface area contributed by atoms with Gasteiger partial charge < -0.3 is 15.0 Å². The van der Waals surface area contributed by atoms with Crippen LogP contribution < -0.4 is 5.32 Å². The summed E-state index contributed by atoms with van der Waals surface area (Å²) in [6, 6.07) is 0.510. The lowest BCUT2D eigenvalue weighted by atomic mass is 9.93. The zero-order chi connectivity index (χ0) is 8.60. The minimum Gasteiger partial charge on any atom is -0.371 e. The van der Waals surface area contributed by atoms with E-state index in [-0.39, 0.29) is 5.60 Å². The Balaban J connectivity index is 2.07. The van der Waals surface area contributed by atoms with Gasteiger partial charge in [0.15, 0.2) is 0 Å². The SMILES string of the molecule is CC1NCCOC12CCN(C)C2. The molecule has 1 N–H and O–H groups in total. The maximum atomic E-state index is 5.90. The van der Waals surface area contributed by atoms with Crippen molar-refractivity contribution in [1.29, 1.82) is 0 Å². The van der Waals surface area contributed by atoms with E-state index in [0.717, 1.165) is 19.7 Å².